The highest BCUT2D eigenvalue weighted by molar-refractivity contribution is 7.13. The van der Waals surface area contributed by atoms with Crippen molar-refractivity contribution in [2.24, 2.45) is 0 Å². The molecule has 0 fully saturated rings. The molecule has 3 rings (SSSR count). The van der Waals surface area contributed by atoms with Crippen molar-refractivity contribution in [3.63, 3.8) is 0 Å². The Labute approximate surface area is 142 Å². The topological polar surface area (TPSA) is 75.1 Å². The first kappa shape index (κ1) is 15.8. The number of aromatic nitrogens is 1. The summed E-state index contributed by atoms with van der Waals surface area (Å²) in [5, 5.41) is 11.2. The summed E-state index contributed by atoms with van der Waals surface area (Å²) < 4.78 is 10.6. The summed E-state index contributed by atoms with van der Waals surface area (Å²) in [5.74, 6) is 1.23. The number of ether oxygens (including phenoxy) is 2. The van der Waals surface area contributed by atoms with Crippen molar-refractivity contribution in [1.29, 1.82) is 5.26 Å². The van der Waals surface area contributed by atoms with E-state index in [0.29, 0.717) is 22.8 Å². The first-order valence-corrected chi connectivity index (χ1v) is 7.99. The van der Waals surface area contributed by atoms with E-state index >= 15 is 0 Å². The molecule has 0 spiro atoms. The first-order valence-electron chi connectivity index (χ1n) is 7.11. The van der Waals surface area contributed by atoms with Gasteiger partial charge in [0.15, 0.2) is 0 Å². The van der Waals surface area contributed by atoms with E-state index in [1.54, 1.807) is 32.4 Å². The summed E-state index contributed by atoms with van der Waals surface area (Å²) in [6.07, 6.45) is 0. The molecule has 2 aromatic heterocycles. The number of nitrogens with zero attached hydrogens (tertiary/aromatic N) is 1. The number of H-pyrrole nitrogens is 1. The van der Waals surface area contributed by atoms with Crippen molar-refractivity contribution in [3.05, 3.63) is 57.7 Å². The van der Waals surface area contributed by atoms with Gasteiger partial charge in [-0.1, -0.05) is 6.07 Å². The van der Waals surface area contributed by atoms with Crippen LogP contribution < -0.4 is 15.0 Å². The van der Waals surface area contributed by atoms with E-state index < -0.39 is 5.56 Å². The number of hydrogen-bond acceptors (Lipinski definition) is 5. The molecule has 0 amide bonds. The number of benzene rings is 1. The lowest BCUT2D eigenvalue weighted by atomic mass is 10.0. The fourth-order valence-corrected chi connectivity index (χ4v) is 3.21. The maximum atomic E-state index is 12.3. The fraction of sp³-hybridized carbons (Fsp3) is 0.111. The molecule has 5 nitrogen and oxygen atoms in total. The van der Waals surface area contributed by atoms with E-state index in [-0.39, 0.29) is 5.56 Å². The zero-order valence-electron chi connectivity index (χ0n) is 13.1. The highest BCUT2D eigenvalue weighted by atomic mass is 32.1. The third kappa shape index (κ3) is 2.77. The number of rotatable bonds is 4. The smallest absolute Gasteiger partial charge is 0.267 e. The van der Waals surface area contributed by atoms with E-state index in [9.17, 15) is 10.1 Å². The lowest BCUT2D eigenvalue weighted by molar-refractivity contribution is 0.395. The molecule has 6 heteroatoms. The number of nitrogens with one attached hydrogen (secondary N) is 1. The van der Waals surface area contributed by atoms with Crippen LogP contribution >= 0.6 is 11.3 Å². The van der Waals surface area contributed by atoms with E-state index in [2.05, 4.69) is 4.98 Å². The summed E-state index contributed by atoms with van der Waals surface area (Å²) in [4.78, 5) is 16.0. The third-order valence-electron chi connectivity index (χ3n) is 3.63. The van der Waals surface area contributed by atoms with Crippen LogP contribution in [0.4, 0.5) is 0 Å². The number of thiophene rings is 1. The minimum Gasteiger partial charge on any atom is -0.497 e. The summed E-state index contributed by atoms with van der Waals surface area (Å²) >= 11 is 1.48. The van der Waals surface area contributed by atoms with Crippen LogP contribution in [0.5, 0.6) is 11.5 Å². The summed E-state index contributed by atoms with van der Waals surface area (Å²) in [6, 6.07) is 12.9. The molecule has 24 heavy (non-hydrogen) atoms. The van der Waals surface area contributed by atoms with E-state index in [1.165, 1.54) is 11.3 Å². The number of nitriles is 1. The number of methoxy groups -OCH3 is 2. The van der Waals surface area contributed by atoms with Gasteiger partial charge in [-0.3, -0.25) is 4.79 Å². The Kier molecular flexibility index (Phi) is 4.36. The maximum absolute atomic E-state index is 12.3. The molecule has 0 aliphatic carbocycles. The monoisotopic (exact) mass is 338 g/mol. The minimum absolute atomic E-state index is 0.105. The van der Waals surface area contributed by atoms with Crippen LogP contribution in [0, 0.1) is 11.3 Å². The van der Waals surface area contributed by atoms with Crippen molar-refractivity contribution in [2.75, 3.05) is 14.2 Å². The largest absolute Gasteiger partial charge is 0.497 e. The van der Waals surface area contributed by atoms with Gasteiger partial charge < -0.3 is 14.5 Å². The molecule has 0 atom stereocenters. The van der Waals surface area contributed by atoms with Crippen LogP contribution in [0.25, 0.3) is 21.7 Å². The number of aromatic amines is 1. The Hall–Kier alpha value is -3.04. The van der Waals surface area contributed by atoms with Crippen molar-refractivity contribution >= 4 is 11.3 Å². The average Bonchev–Trinajstić information content (AvgIpc) is 3.14. The third-order valence-corrected chi connectivity index (χ3v) is 4.53. The first-order chi connectivity index (χ1) is 11.7. The maximum Gasteiger partial charge on any atom is 0.267 e. The predicted octanol–water partition coefficient (Wildman–Crippen LogP) is 3.66. The lowest BCUT2D eigenvalue weighted by Gasteiger charge is -2.12. The fourth-order valence-electron chi connectivity index (χ4n) is 2.46. The zero-order valence-corrected chi connectivity index (χ0v) is 13.9. The van der Waals surface area contributed by atoms with Gasteiger partial charge in [-0.15, -0.1) is 11.3 Å². The normalized spacial score (nSPS) is 10.2. The van der Waals surface area contributed by atoms with Gasteiger partial charge in [-0.2, -0.15) is 5.26 Å². The van der Waals surface area contributed by atoms with E-state index in [0.717, 1.165) is 10.4 Å². The molecular weight excluding hydrogens is 324 g/mol. The second-order valence-corrected chi connectivity index (χ2v) is 5.90. The SMILES string of the molecule is COc1ccc(-c2cc(-c3cccs3)c(C#N)c(=O)[nH]2)c(OC)c1. The summed E-state index contributed by atoms with van der Waals surface area (Å²) in [5.41, 5.74) is 1.61. The molecule has 1 aromatic carbocycles. The van der Waals surface area contributed by atoms with Crippen molar-refractivity contribution in [1.82, 2.24) is 4.98 Å². The van der Waals surface area contributed by atoms with Gasteiger partial charge in [-0.05, 0) is 29.6 Å². The Morgan fingerprint density at radius 3 is 2.58 bits per heavy atom. The molecule has 1 N–H and O–H groups in total. The highest BCUT2D eigenvalue weighted by Gasteiger charge is 2.15. The second kappa shape index (κ2) is 6.60. The standard InChI is InChI=1S/C18H14N2O3S/c1-22-11-5-6-12(16(8-11)23-2)15-9-13(17-4-3-7-24-17)14(10-19)18(21)20-15/h3-9H,1-2H3,(H,20,21). The van der Waals surface area contributed by atoms with Crippen LogP contribution in [0.15, 0.2) is 46.6 Å². The molecule has 0 unspecified atom stereocenters. The molecule has 0 bridgehead atoms. The van der Waals surface area contributed by atoms with E-state index in [1.807, 2.05) is 29.6 Å². The molecular formula is C18H14N2O3S. The molecule has 3 aromatic rings. The van der Waals surface area contributed by atoms with Crippen molar-refractivity contribution in [2.45, 2.75) is 0 Å². The van der Waals surface area contributed by atoms with Gasteiger partial charge in [0.25, 0.3) is 5.56 Å². The predicted molar refractivity (Wildman–Crippen MR) is 93.6 cm³/mol. The van der Waals surface area contributed by atoms with Crippen LogP contribution in [0.3, 0.4) is 0 Å². The molecule has 0 aliphatic heterocycles. The van der Waals surface area contributed by atoms with Gasteiger partial charge in [0.05, 0.1) is 19.9 Å². The van der Waals surface area contributed by atoms with Crippen LogP contribution in [-0.2, 0) is 0 Å². The second-order valence-electron chi connectivity index (χ2n) is 4.96. The number of pyridine rings is 1. The molecule has 0 saturated heterocycles. The Morgan fingerprint density at radius 1 is 1.12 bits per heavy atom. The summed E-state index contributed by atoms with van der Waals surface area (Å²) in [7, 11) is 3.13. The van der Waals surface area contributed by atoms with E-state index in [4.69, 9.17) is 9.47 Å². The zero-order chi connectivity index (χ0) is 17.1. The van der Waals surface area contributed by atoms with Crippen molar-refractivity contribution < 1.29 is 9.47 Å². The van der Waals surface area contributed by atoms with Gasteiger partial charge in [0.1, 0.15) is 23.1 Å². The molecule has 2 heterocycles. The molecule has 120 valence electrons. The molecule has 0 saturated carbocycles. The Bertz CT molecular complexity index is 969. The van der Waals surface area contributed by atoms with Gasteiger partial charge in [-0.25, -0.2) is 0 Å². The van der Waals surface area contributed by atoms with Gasteiger partial charge in [0.2, 0.25) is 0 Å². The summed E-state index contributed by atoms with van der Waals surface area (Å²) in [6.45, 7) is 0. The Morgan fingerprint density at radius 2 is 1.96 bits per heavy atom. The van der Waals surface area contributed by atoms with Crippen LogP contribution in [0.1, 0.15) is 5.56 Å². The quantitative estimate of drug-likeness (QED) is 0.788. The average molecular weight is 338 g/mol. The van der Waals surface area contributed by atoms with Crippen LogP contribution in [-0.4, -0.2) is 19.2 Å². The van der Waals surface area contributed by atoms with Gasteiger partial charge >= 0.3 is 0 Å². The number of hydrogen-bond donors (Lipinski definition) is 1. The van der Waals surface area contributed by atoms with Crippen molar-refractivity contribution in [3.8, 4) is 39.3 Å². The van der Waals surface area contributed by atoms with Gasteiger partial charge in [0, 0.05) is 22.1 Å². The van der Waals surface area contributed by atoms with Crippen LogP contribution in [0.2, 0.25) is 0 Å². The highest BCUT2D eigenvalue weighted by Crippen LogP contribution is 2.35. The molecule has 0 aliphatic rings. The molecule has 0 radical (unpaired) electrons. The lowest BCUT2D eigenvalue weighted by Crippen LogP contribution is -2.12. The Balaban J connectivity index is 2.24. The minimum atomic E-state index is -0.420.